The van der Waals surface area contributed by atoms with Crippen molar-refractivity contribution in [2.75, 3.05) is 26.2 Å². The molecule has 0 saturated carbocycles. The van der Waals surface area contributed by atoms with Gasteiger partial charge in [-0.15, -0.1) is 0 Å². The van der Waals surface area contributed by atoms with Crippen molar-refractivity contribution in [3.05, 3.63) is 113 Å². The largest absolute Gasteiger partial charge is 0.294 e. The third-order valence-electron chi connectivity index (χ3n) is 6.75. The van der Waals surface area contributed by atoms with E-state index in [1.807, 2.05) is 24.3 Å². The third kappa shape index (κ3) is 4.67. The standard InChI is InChI=1S/C28H28F2N2/c29-25-11-7-23(8-12-25)28(24-9-13-26(30)14-10-24)32-17-16-31-19-22(6-15-27(31)20-32)18-21-4-2-1-3-5-21/h1-5,7-14,18,27-28H,6,15-17,19-20H2. The van der Waals surface area contributed by atoms with Crippen LogP contribution in [0.15, 0.2) is 84.4 Å². The summed E-state index contributed by atoms with van der Waals surface area (Å²) < 4.78 is 27.2. The van der Waals surface area contributed by atoms with Crippen LogP contribution in [0.1, 0.15) is 35.6 Å². The van der Waals surface area contributed by atoms with Gasteiger partial charge in [-0.3, -0.25) is 9.80 Å². The van der Waals surface area contributed by atoms with Crippen LogP contribution in [-0.2, 0) is 0 Å². The molecule has 2 nitrogen and oxygen atoms in total. The van der Waals surface area contributed by atoms with Crippen LogP contribution < -0.4 is 0 Å². The number of piperazine rings is 1. The fraction of sp³-hybridized carbons (Fsp3) is 0.286. The summed E-state index contributed by atoms with van der Waals surface area (Å²) in [7, 11) is 0. The number of hydrogen-bond donors (Lipinski definition) is 0. The Hall–Kier alpha value is -2.82. The predicted molar refractivity (Wildman–Crippen MR) is 125 cm³/mol. The lowest BCUT2D eigenvalue weighted by Gasteiger charge is -2.47. The molecule has 2 aliphatic rings. The zero-order valence-corrected chi connectivity index (χ0v) is 18.1. The van der Waals surface area contributed by atoms with E-state index in [2.05, 4.69) is 46.2 Å². The highest BCUT2D eigenvalue weighted by molar-refractivity contribution is 5.53. The van der Waals surface area contributed by atoms with Crippen LogP contribution in [0.3, 0.4) is 0 Å². The van der Waals surface area contributed by atoms with E-state index in [0.29, 0.717) is 6.04 Å². The van der Waals surface area contributed by atoms with E-state index in [0.717, 1.165) is 50.1 Å². The quantitative estimate of drug-likeness (QED) is 0.507. The SMILES string of the molecule is Fc1ccc(C(c2ccc(F)cc2)N2CCN3CC(=Cc4ccccc4)CCC3C2)cc1. The molecule has 2 fully saturated rings. The van der Waals surface area contributed by atoms with Crippen LogP contribution in [-0.4, -0.2) is 42.0 Å². The minimum Gasteiger partial charge on any atom is -0.294 e. The molecule has 0 aliphatic carbocycles. The van der Waals surface area contributed by atoms with E-state index in [9.17, 15) is 8.78 Å². The Balaban J connectivity index is 1.35. The smallest absolute Gasteiger partial charge is 0.123 e. The van der Waals surface area contributed by atoms with Crippen LogP contribution in [0.2, 0.25) is 0 Å². The second kappa shape index (κ2) is 9.35. The molecule has 164 valence electrons. The summed E-state index contributed by atoms with van der Waals surface area (Å²) in [5.74, 6) is -0.470. The van der Waals surface area contributed by atoms with Gasteiger partial charge in [-0.25, -0.2) is 8.78 Å². The second-order valence-corrected chi connectivity index (χ2v) is 8.88. The number of piperidine rings is 1. The maximum Gasteiger partial charge on any atom is 0.123 e. The third-order valence-corrected chi connectivity index (χ3v) is 6.75. The van der Waals surface area contributed by atoms with Crippen molar-refractivity contribution in [2.45, 2.75) is 24.9 Å². The van der Waals surface area contributed by atoms with Crippen molar-refractivity contribution in [3.8, 4) is 0 Å². The summed E-state index contributed by atoms with van der Waals surface area (Å²) >= 11 is 0. The maximum absolute atomic E-state index is 13.6. The van der Waals surface area contributed by atoms with Gasteiger partial charge in [0.25, 0.3) is 0 Å². The van der Waals surface area contributed by atoms with Crippen LogP contribution in [0, 0.1) is 11.6 Å². The minimum atomic E-state index is -0.235. The summed E-state index contributed by atoms with van der Waals surface area (Å²) in [6, 6.07) is 24.5. The molecular weight excluding hydrogens is 402 g/mol. The molecule has 0 bridgehead atoms. The van der Waals surface area contributed by atoms with E-state index in [4.69, 9.17) is 0 Å². The first-order valence-corrected chi connectivity index (χ1v) is 11.4. The molecule has 0 amide bonds. The molecule has 5 rings (SSSR count). The average molecular weight is 431 g/mol. The molecule has 1 atom stereocenters. The van der Waals surface area contributed by atoms with Gasteiger partial charge in [0.15, 0.2) is 0 Å². The first-order valence-electron chi connectivity index (χ1n) is 11.4. The average Bonchev–Trinajstić information content (AvgIpc) is 2.82. The van der Waals surface area contributed by atoms with Crippen molar-refractivity contribution in [1.82, 2.24) is 9.80 Å². The molecular formula is C28H28F2N2. The Bertz CT molecular complexity index is 1020. The second-order valence-electron chi connectivity index (χ2n) is 8.88. The van der Waals surface area contributed by atoms with Crippen molar-refractivity contribution in [1.29, 1.82) is 0 Å². The Labute approximate surface area is 188 Å². The highest BCUT2D eigenvalue weighted by Crippen LogP contribution is 2.34. The van der Waals surface area contributed by atoms with Crippen molar-refractivity contribution in [2.24, 2.45) is 0 Å². The molecule has 0 radical (unpaired) electrons. The van der Waals surface area contributed by atoms with Gasteiger partial charge in [0.1, 0.15) is 11.6 Å². The van der Waals surface area contributed by atoms with Crippen LogP contribution >= 0.6 is 0 Å². The lowest BCUT2D eigenvalue weighted by Crippen LogP contribution is -2.55. The van der Waals surface area contributed by atoms with Crippen molar-refractivity contribution >= 4 is 6.08 Å². The Kier molecular flexibility index (Phi) is 6.15. The maximum atomic E-state index is 13.6. The normalized spacial score (nSPS) is 21.1. The first-order chi connectivity index (χ1) is 15.7. The highest BCUT2D eigenvalue weighted by Gasteiger charge is 2.34. The first kappa shape index (κ1) is 21.0. The van der Waals surface area contributed by atoms with Gasteiger partial charge in [0.05, 0.1) is 6.04 Å². The fourth-order valence-electron chi connectivity index (χ4n) is 5.13. The molecule has 0 N–H and O–H groups in total. The van der Waals surface area contributed by atoms with Crippen LogP contribution in [0.5, 0.6) is 0 Å². The monoisotopic (exact) mass is 430 g/mol. The fourth-order valence-corrected chi connectivity index (χ4v) is 5.13. The summed E-state index contributed by atoms with van der Waals surface area (Å²) in [6.45, 7) is 3.90. The lowest BCUT2D eigenvalue weighted by molar-refractivity contribution is 0.0487. The molecule has 0 aromatic heterocycles. The van der Waals surface area contributed by atoms with Gasteiger partial charge in [-0.2, -0.15) is 0 Å². The molecule has 2 aliphatic heterocycles. The number of benzene rings is 3. The van der Waals surface area contributed by atoms with Gasteiger partial charge in [0, 0.05) is 32.2 Å². The molecule has 2 saturated heterocycles. The summed E-state index contributed by atoms with van der Waals surface area (Å²) in [5, 5.41) is 0. The number of hydrogen-bond acceptors (Lipinski definition) is 2. The molecule has 3 aromatic carbocycles. The highest BCUT2D eigenvalue weighted by atomic mass is 19.1. The van der Waals surface area contributed by atoms with Crippen LogP contribution in [0.25, 0.3) is 6.08 Å². The Morgan fingerprint density at radius 3 is 2.03 bits per heavy atom. The predicted octanol–water partition coefficient (Wildman–Crippen LogP) is 5.92. The van der Waals surface area contributed by atoms with E-state index in [-0.39, 0.29) is 17.7 Å². The van der Waals surface area contributed by atoms with E-state index in [1.165, 1.54) is 35.4 Å². The van der Waals surface area contributed by atoms with E-state index in [1.54, 1.807) is 0 Å². The van der Waals surface area contributed by atoms with E-state index < -0.39 is 0 Å². The van der Waals surface area contributed by atoms with Gasteiger partial charge in [0.2, 0.25) is 0 Å². The molecule has 2 heterocycles. The van der Waals surface area contributed by atoms with Gasteiger partial charge >= 0.3 is 0 Å². The molecule has 0 spiro atoms. The van der Waals surface area contributed by atoms with Crippen molar-refractivity contribution < 1.29 is 8.78 Å². The molecule has 1 unspecified atom stereocenters. The number of fused-ring (bicyclic) bond motifs is 1. The number of halogens is 2. The van der Waals surface area contributed by atoms with Crippen molar-refractivity contribution in [3.63, 3.8) is 0 Å². The summed E-state index contributed by atoms with van der Waals surface area (Å²) in [6.07, 6.45) is 4.58. The van der Waals surface area contributed by atoms with E-state index >= 15 is 0 Å². The summed E-state index contributed by atoms with van der Waals surface area (Å²) in [4.78, 5) is 5.08. The topological polar surface area (TPSA) is 6.48 Å². The van der Waals surface area contributed by atoms with Crippen LogP contribution in [0.4, 0.5) is 8.78 Å². The molecule has 3 aromatic rings. The summed E-state index contributed by atoms with van der Waals surface area (Å²) in [5.41, 5.74) is 4.86. The number of rotatable bonds is 4. The number of nitrogens with zero attached hydrogens (tertiary/aromatic N) is 2. The molecule has 4 heteroatoms. The van der Waals surface area contributed by atoms with Gasteiger partial charge in [-0.05, 0) is 53.8 Å². The Morgan fingerprint density at radius 1 is 0.781 bits per heavy atom. The lowest BCUT2D eigenvalue weighted by atomic mass is 9.91. The van der Waals surface area contributed by atoms with Gasteiger partial charge < -0.3 is 0 Å². The van der Waals surface area contributed by atoms with Gasteiger partial charge in [-0.1, -0.05) is 66.2 Å². The Morgan fingerprint density at radius 2 is 1.41 bits per heavy atom. The zero-order valence-electron chi connectivity index (χ0n) is 18.1. The minimum absolute atomic E-state index is 0.000363. The molecule has 32 heavy (non-hydrogen) atoms. The zero-order chi connectivity index (χ0) is 21.9.